The summed E-state index contributed by atoms with van der Waals surface area (Å²) < 4.78 is 32.3. The van der Waals surface area contributed by atoms with Gasteiger partial charge in [-0.2, -0.15) is 5.10 Å². The van der Waals surface area contributed by atoms with Crippen molar-refractivity contribution in [3.05, 3.63) is 93.6 Å². The molecule has 4 aromatic rings. The van der Waals surface area contributed by atoms with Crippen molar-refractivity contribution in [1.82, 2.24) is 9.78 Å². The molecule has 2 amide bonds. The normalized spacial score (nSPS) is 13.0. The molecule has 0 bridgehead atoms. The largest absolute Gasteiger partial charge is 0.367 e. The summed E-state index contributed by atoms with van der Waals surface area (Å²) in [6, 6.07) is 14.5. The number of nitrogens with one attached hydrogen (secondary N) is 1. The first kappa shape index (κ1) is 23.8. The van der Waals surface area contributed by atoms with Gasteiger partial charge in [-0.05, 0) is 55.3 Å². The van der Waals surface area contributed by atoms with Crippen LogP contribution in [0.15, 0.2) is 54.6 Å². The molecule has 0 saturated heterocycles. The Morgan fingerprint density at radius 3 is 2.42 bits per heavy atom. The number of rotatable bonds is 4. The number of halogens is 3. The Balaban J connectivity index is 1.71. The van der Waals surface area contributed by atoms with Crippen molar-refractivity contribution in [3.8, 4) is 16.9 Å². The molecule has 0 saturated carbocycles. The predicted octanol–water partition coefficient (Wildman–Crippen LogP) is 6.14. The van der Waals surface area contributed by atoms with E-state index in [1.54, 1.807) is 4.68 Å². The lowest BCUT2D eigenvalue weighted by Gasteiger charge is -2.29. The van der Waals surface area contributed by atoms with Crippen LogP contribution in [0.4, 0.5) is 25.0 Å². The Labute approximate surface area is 212 Å². The van der Waals surface area contributed by atoms with Gasteiger partial charge in [0.05, 0.1) is 22.8 Å². The van der Waals surface area contributed by atoms with Crippen molar-refractivity contribution in [2.45, 2.75) is 26.8 Å². The van der Waals surface area contributed by atoms with Crippen LogP contribution in [-0.4, -0.2) is 22.4 Å². The number of hydrogen-bond acceptors (Lipinski definition) is 3. The zero-order chi connectivity index (χ0) is 25.6. The second-order valence-corrected chi connectivity index (χ2v) is 9.31. The van der Waals surface area contributed by atoms with Crippen molar-refractivity contribution >= 4 is 29.0 Å². The molecule has 1 aromatic heterocycles. The fourth-order valence-electron chi connectivity index (χ4n) is 4.78. The van der Waals surface area contributed by atoms with Gasteiger partial charge < -0.3 is 16.0 Å². The highest BCUT2D eigenvalue weighted by atomic mass is 35.5. The molecule has 0 aliphatic carbocycles. The summed E-state index contributed by atoms with van der Waals surface area (Å²) in [7, 11) is 0. The highest BCUT2D eigenvalue weighted by Gasteiger charge is 2.29. The van der Waals surface area contributed by atoms with E-state index < -0.39 is 17.7 Å². The number of urea groups is 1. The molecule has 9 heteroatoms. The number of primary amides is 1. The Morgan fingerprint density at radius 2 is 1.75 bits per heavy atom. The maximum atomic E-state index is 15.5. The Bertz CT molecular complexity index is 1460. The number of fused-ring (bicyclic) bond motifs is 1. The van der Waals surface area contributed by atoms with Gasteiger partial charge in [0.25, 0.3) is 0 Å². The van der Waals surface area contributed by atoms with E-state index in [0.717, 1.165) is 52.4 Å². The maximum Gasteiger partial charge on any atom is 0.316 e. The van der Waals surface area contributed by atoms with Crippen LogP contribution < -0.4 is 16.0 Å². The van der Waals surface area contributed by atoms with Gasteiger partial charge in [0.15, 0.2) is 0 Å². The Morgan fingerprint density at radius 1 is 1.06 bits per heavy atom. The average molecular weight is 508 g/mol. The number of anilines is 2. The number of nitrogens with two attached hydrogens (primary N) is 1. The van der Waals surface area contributed by atoms with Gasteiger partial charge in [-0.3, -0.25) is 0 Å². The van der Waals surface area contributed by atoms with E-state index in [1.165, 1.54) is 0 Å². The first-order valence-electron chi connectivity index (χ1n) is 11.5. The predicted molar refractivity (Wildman–Crippen MR) is 138 cm³/mol. The number of carbonyl (C=O) groups excluding carboxylic acids is 1. The molecule has 184 valence electrons. The van der Waals surface area contributed by atoms with Crippen LogP contribution in [0.2, 0.25) is 5.02 Å². The second-order valence-electron chi connectivity index (χ2n) is 8.88. The minimum Gasteiger partial charge on any atom is -0.367 e. The number of aryl methyl sites for hydroxylation is 2. The number of benzene rings is 3. The van der Waals surface area contributed by atoms with E-state index in [-0.39, 0.29) is 11.3 Å². The summed E-state index contributed by atoms with van der Waals surface area (Å²) >= 11 is 6.07. The lowest BCUT2D eigenvalue weighted by atomic mass is 9.99. The van der Waals surface area contributed by atoms with Gasteiger partial charge in [0.2, 0.25) is 0 Å². The minimum atomic E-state index is -0.974. The molecule has 2 heterocycles. The molecule has 36 heavy (non-hydrogen) atoms. The maximum absolute atomic E-state index is 15.5. The van der Waals surface area contributed by atoms with E-state index in [0.29, 0.717) is 23.7 Å². The molecule has 5 rings (SSSR count). The van der Waals surface area contributed by atoms with Crippen LogP contribution in [-0.2, 0) is 13.0 Å². The number of nitrogens with zero attached hydrogens (tertiary/aromatic N) is 3. The van der Waals surface area contributed by atoms with Gasteiger partial charge in [0.1, 0.15) is 11.6 Å². The Kier molecular flexibility index (Phi) is 6.14. The molecule has 1 aliphatic heterocycles. The first-order valence-corrected chi connectivity index (χ1v) is 11.8. The third-order valence-corrected chi connectivity index (χ3v) is 6.70. The van der Waals surface area contributed by atoms with Crippen molar-refractivity contribution < 1.29 is 13.6 Å². The standard InChI is InChI=1S/C27H24ClF2N5O/c1-15-4-3-5-16(2)25(15)35-26(19-12-22(30)24(13-21(19)29)32-27(31)36)20-14-34(11-10-23(20)33-35)18-8-6-17(28)7-9-18/h3-9,12-13H,10-11,14H2,1-2H3,(H3,31,32,36). The molecular formula is C27H24ClF2N5O. The van der Waals surface area contributed by atoms with Crippen LogP contribution in [0, 0.1) is 25.5 Å². The lowest BCUT2D eigenvalue weighted by molar-refractivity contribution is 0.259. The van der Waals surface area contributed by atoms with Crippen molar-refractivity contribution in [1.29, 1.82) is 0 Å². The molecule has 3 N–H and O–H groups in total. The summed E-state index contributed by atoms with van der Waals surface area (Å²) in [5, 5.41) is 7.66. The van der Waals surface area contributed by atoms with Gasteiger partial charge in [0, 0.05) is 47.4 Å². The summed E-state index contributed by atoms with van der Waals surface area (Å²) in [6.45, 7) is 5.10. The van der Waals surface area contributed by atoms with Gasteiger partial charge >= 0.3 is 6.03 Å². The van der Waals surface area contributed by atoms with Crippen LogP contribution in [0.5, 0.6) is 0 Å². The first-order chi connectivity index (χ1) is 17.2. The van der Waals surface area contributed by atoms with Gasteiger partial charge in [-0.25, -0.2) is 18.3 Å². The summed E-state index contributed by atoms with van der Waals surface area (Å²) in [5.74, 6) is -1.49. The fourth-order valence-corrected chi connectivity index (χ4v) is 4.91. The number of carbonyl (C=O) groups is 1. The number of amides is 2. The molecule has 6 nitrogen and oxygen atoms in total. The molecule has 0 unspecified atom stereocenters. The molecule has 0 atom stereocenters. The average Bonchev–Trinajstić information content (AvgIpc) is 3.19. The van der Waals surface area contributed by atoms with E-state index >= 15 is 4.39 Å². The van der Waals surface area contributed by atoms with E-state index in [2.05, 4.69) is 10.2 Å². The summed E-state index contributed by atoms with van der Waals surface area (Å²) in [5.41, 5.74) is 10.7. The molecule has 0 radical (unpaired) electrons. The van der Waals surface area contributed by atoms with Gasteiger partial charge in [-0.15, -0.1) is 0 Å². The lowest BCUT2D eigenvalue weighted by Crippen LogP contribution is -2.30. The molecule has 1 aliphatic rings. The summed E-state index contributed by atoms with van der Waals surface area (Å²) in [6.07, 6.45) is 0.633. The van der Waals surface area contributed by atoms with Crippen LogP contribution in [0.1, 0.15) is 22.4 Å². The zero-order valence-electron chi connectivity index (χ0n) is 19.8. The van der Waals surface area contributed by atoms with E-state index in [4.69, 9.17) is 22.4 Å². The Hall–Kier alpha value is -3.91. The number of hydrogen-bond donors (Lipinski definition) is 2. The van der Waals surface area contributed by atoms with Crippen LogP contribution in [0.25, 0.3) is 16.9 Å². The van der Waals surface area contributed by atoms with E-state index in [9.17, 15) is 9.18 Å². The fraction of sp³-hybridized carbons (Fsp3) is 0.185. The molecule has 3 aromatic carbocycles. The van der Waals surface area contributed by atoms with E-state index in [1.807, 2.05) is 56.3 Å². The highest BCUT2D eigenvalue weighted by Crippen LogP contribution is 2.38. The third kappa shape index (κ3) is 4.28. The zero-order valence-corrected chi connectivity index (χ0v) is 20.5. The minimum absolute atomic E-state index is 0.0527. The van der Waals surface area contributed by atoms with Crippen molar-refractivity contribution in [2.75, 3.05) is 16.8 Å². The van der Waals surface area contributed by atoms with Gasteiger partial charge in [-0.1, -0.05) is 29.8 Å². The van der Waals surface area contributed by atoms with Crippen molar-refractivity contribution in [3.63, 3.8) is 0 Å². The summed E-state index contributed by atoms with van der Waals surface area (Å²) in [4.78, 5) is 13.4. The highest BCUT2D eigenvalue weighted by molar-refractivity contribution is 6.30. The topological polar surface area (TPSA) is 76.2 Å². The third-order valence-electron chi connectivity index (χ3n) is 6.45. The molecule has 0 fully saturated rings. The molecular weight excluding hydrogens is 484 g/mol. The quantitative estimate of drug-likeness (QED) is 0.348. The van der Waals surface area contributed by atoms with Crippen LogP contribution >= 0.6 is 11.6 Å². The molecule has 0 spiro atoms. The smallest absolute Gasteiger partial charge is 0.316 e. The van der Waals surface area contributed by atoms with Crippen LogP contribution in [0.3, 0.4) is 0 Å². The monoisotopic (exact) mass is 507 g/mol. The van der Waals surface area contributed by atoms with Crippen molar-refractivity contribution in [2.24, 2.45) is 5.73 Å². The number of aromatic nitrogens is 2. The second kappa shape index (κ2) is 9.28. The number of para-hydroxylation sites is 1. The SMILES string of the molecule is Cc1cccc(C)c1-n1nc2c(c1-c1cc(F)c(NC(N)=O)cc1F)CN(c1ccc(Cl)cc1)CC2.